The molecule has 0 aliphatic heterocycles. The second-order valence-electron chi connectivity index (χ2n) is 3.32. The highest BCUT2D eigenvalue weighted by atomic mass is 35.5. The third-order valence-corrected chi connectivity index (χ3v) is 2.39. The van der Waals surface area contributed by atoms with Gasteiger partial charge in [0.25, 0.3) is 0 Å². The number of para-hydroxylation sites is 1. The van der Waals surface area contributed by atoms with E-state index in [0.717, 1.165) is 17.1 Å². The first-order chi connectivity index (χ1) is 7.25. The van der Waals surface area contributed by atoms with Gasteiger partial charge in [-0.2, -0.15) is 0 Å². The van der Waals surface area contributed by atoms with Crippen molar-refractivity contribution in [3.05, 3.63) is 59.1 Å². The third-order valence-electron chi connectivity index (χ3n) is 2.14. The molecule has 2 aromatic rings. The number of ether oxygens (including phenoxy) is 1. The minimum atomic E-state index is 0.715. The van der Waals surface area contributed by atoms with Gasteiger partial charge in [-0.1, -0.05) is 29.8 Å². The lowest BCUT2D eigenvalue weighted by Gasteiger charge is -2.07. The minimum absolute atomic E-state index is 0.715. The molecule has 2 heteroatoms. The average molecular weight is 219 g/mol. The molecular formula is C13H11ClO. The predicted octanol–water partition coefficient (Wildman–Crippen LogP) is 4.44. The highest BCUT2D eigenvalue weighted by Crippen LogP contribution is 2.25. The smallest absolute Gasteiger partial charge is 0.130 e. The van der Waals surface area contributed by atoms with Crippen LogP contribution in [0, 0.1) is 6.92 Å². The van der Waals surface area contributed by atoms with E-state index in [1.165, 1.54) is 0 Å². The van der Waals surface area contributed by atoms with Crippen LogP contribution in [0.4, 0.5) is 0 Å². The van der Waals surface area contributed by atoms with Crippen LogP contribution < -0.4 is 4.74 Å². The van der Waals surface area contributed by atoms with Crippen molar-refractivity contribution < 1.29 is 4.74 Å². The van der Waals surface area contributed by atoms with Crippen LogP contribution in [0.5, 0.6) is 11.5 Å². The van der Waals surface area contributed by atoms with Gasteiger partial charge in [-0.15, -0.1) is 0 Å². The molecule has 0 atom stereocenters. The van der Waals surface area contributed by atoms with Crippen LogP contribution in [0.1, 0.15) is 5.56 Å². The summed E-state index contributed by atoms with van der Waals surface area (Å²) < 4.78 is 5.71. The van der Waals surface area contributed by atoms with Crippen molar-refractivity contribution in [3.63, 3.8) is 0 Å². The molecule has 0 aliphatic rings. The van der Waals surface area contributed by atoms with Crippen LogP contribution >= 0.6 is 11.6 Å². The number of halogens is 1. The molecule has 0 fully saturated rings. The molecule has 0 unspecified atom stereocenters. The molecule has 0 amide bonds. The van der Waals surface area contributed by atoms with Crippen molar-refractivity contribution in [2.75, 3.05) is 0 Å². The highest BCUT2D eigenvalue weighted by Gasteiger charge is 1.99. The maximum atomic E-state index is 5.79. The summed E-state index contributed by atoms with van der Waals surface area (Å²) in [6.45, 7) is 2.02. The van der Waals surface area contributed by atoms with Gasteiger partial charge in [-0.25, -0.2) is 0 Å². The van der Waals surface area contributed by atoms with E-state index >= 15 is 0 Å². The second kappa shape index (κ2) is 4.37. The van der Waals surface area contributed by atoms with Gasteiger partial charge >= 0.3 is 0 Å². The number of hydrogen-bond acceptors (Lipinski definition) is 1. The monoisotopic (exact) mass is 218 g/mol. The van der Waals surface area contributed by atoms with Crippen LogP contribution in [0.3, 0.4) is 0 Å². The van der Waals surface area contributed by atoms with Gasteiger partial charge in [0.2, 0.25) is 0 Å². The van der Waals surface area contributed by atoms with Crippen molar-refractivity contribution in [1.29, 1.82) is 0 Å². The summed E-state index contributed by atoms with van der Waals surface area (Å²) in [4.78, 5) is 0. The Bertz CT molecular complexity index is 448. The van der Waals surface area contributed by atoms with Gasteiger partial charge in [-0.3, -0.25) is 0 Å². The normalized spacial score (nSPS) is 10.0. The lowest BCUT2D eigenvalue weighted by molar-refractivity contribution is 0.479. The topological polar surface area (TPSA) is 9.23 Å². The van der Waals surface area contributed by atoms with E-state index in [9.17, 15) is 0 Å². The maximum Gasteiger partial charge on any atom is 0.130 e. The van der Waals surface area contributed by atoms with Crippen molar-refractivity contribution in [3.8, 4) is 11.5 Å². The summed E-state index contributed by atoms with van der Waals surface area (Å²) in [6.07, 6.45) is 0. The standard InChI is InChI=1S/C13H11ClO/c1-10-4-2-3-5-13(10)15-12-8-6-11(14)7-9-12/h2-9H,1H3. The molecule has 0 spiro atoms. The van der Waals surface area contributed by atoms with E-state index < -0.39 is 0 Å². The fraction of sp³-hybridized carbons (Fsp3) is 0.0769. The molecule has 0 radical (unpaired) electrons. The molecule has 0 saturated heterocycles. The van der Waals surface area contributed by atoms with Gasteiger partial charge < -0.3 is 4.74 Å². The van der Waals surface area contributed by atoms with Crippen LogP contribution in [-0.2, 0) is 0 Å². The fourth-order valence-corrected chi connectivity index (χ4v) is 1.43. The Hall–Kier alpha value is -1.47. The van der Waals surface area contributed by atoms with E-state index in [1.54, 1.807) is 0 Å². The van der Waals surface area contributed by atoms with Crippen molar-refractivity contribution in [2.45, 2.75) is 6.92 Å². The molecule has 0 bridgehead atoms. The molecule has 0 aromatic heterocycles. The Kier molecular flexibility index (Phi) is 2.93. The van der Waals surface area contributed by atoms with Gasteiger partial charge in [0, 0.05) is 5.02 Å². The van der Waals surface area contributed by atoms with Crippen molar-refractivity contribution >= 4 is 11.6 Å². The Balaban J connectivity index is 2.22. The maximum absolute atomic E-state index is 5.79. The van der Waals surface area contributed by atoms with E-state index in [-0.39, 0.29) is 0 Å². The van der Waals surface area contributed by atoms with Gasteiger partial charge in [-0.05, 0) is 42.8 Å². The van der Waals surface area contributed by atoms with Crippen LogP contribution in [0.25, 0.3) is 0 Å². The molecule has 1 nitrogen and oxygen atoms in total. The molecule has 2 rings (SSSR count). The van der Waals surface area contributed by atoms with Crippen molar-refractivity contribution in [1.82, 2.24) is 0 Å². The highest BCUT2D eigenvalue weighted by molar-refractivity contribution is 6.30. The zero-order chi connectivity index (χ0) is 10.7. The molecule has 15 heavy (non-hydrogen) atoms. The Morgan fingerprint density at radius 1 is 0.933 bits per heavy atom. The summed E-state index contributed by atoms with van der Waals surface area (Å²) >= 11 is 5.79. The second-order valence-corrected chi connectivity index (χ2v) is 3.76. The minimum Gasteiger partial charge on any atom is -0.457 e. The lowest BCUT2D eigenvalue weighted by atomic mass is 10.2. The van der Waals surface area contributed by atoms with Crippen LogP contribution in [0.15, 0.2) is 48.5 Å². The van der Waals surface area contributed by atoms with Gasteiger partial charge in [0.1, 0.15) is 11.5 Å². The van der Waals surface area contributed by atoms with E-state index in [0.29, 0.717) is 5.02 Å². The Morgan fingerprint density at radius 3 is 2.27 bits per heavy atom. The quantitative estimate of drug-likeness (QED) is 0.724. The summed E-state index contributed by atoms with van der Waals surface area (Å²) in [5.41, 5.74) is 1.12. The number of benzene rings is 2. The first kappa shape index (κ1) is 10.1. The third kappa shape index (κ3) is 2.51. The largest absolute Gasteiger partial charge is 0.457 e. The molecule has 76 valence electrons. The predicted molar refractivity (Wildman–Crippen MR) is 62.7 cm³/mol. The lowest BCUT2D eigenvalue weighted by Crippen LogP contribution is -1.86. The van der Waals surface area contributed by atoms with E-state index in [4.69, 9.17) is 16.3 Å². The Morgan fingerprint density at radius 2 is 1.60 bits per heavy atom. The molecule has 0 aliphatic carbocycles. The first-order valence-corrected chi connectivity index (χ1v) is 5.12. The zero-order valence-electron chi connectivity index (χ0n) is 8.41. The fourth-order valence-electron chi connectivity index (χ4n) is 1.30. The number of aryl methyl sites for hydroxylation is 1. The molecule has 0 N–H and O–H groups in total. The number of hydrogen-bond donors (Lipinski definition) is 0. The van der Waals surface area contributed by atoms with Gasteiger partial charge in [0.15, 0.2) is 0 Å². The molecular weight excluding hydrogens is 208 g/mol. The summed E-state index contributed by atoms with van der Waals surface area (Å²) in [5.74, 6) is 1.67. The summed E-state index contributed by atoms with van der Waals surface area (Å²) in [5, 5.41) is 0.715. The van der Waals surface area contributed by atoms with Crippen LogP contribution in [-0.4, -0.2) is 0 Å². The Labute approximate surface area is 94.3 Å². The van der Waals surface area contributed by atoms with Crippen molar-refractivity contribution in [2.24, 2.45) is 0 Å². The van der Waals surface area contributed by atoms with E-state index in [1.807, 2.05) is 55.5 Å². The molecule has 0 heterocycles. The first-order valence-electron chi connectivity index (χ1n) is 4.75. The van der Waals surface area contributed by atoms with Gasteiger partial charge in [0.05, 0.1) is 0 Å². The summed E-state index contributed by atoms with van der Waals surface area (Å²) in [6, 6.07) is 15.3. The average Bonchev–Trinajstić information content (AvgIpc) is 2.25. The molecule has 2 aromatic carbocycles. The van der Waals surface area contributed by atoms with E-state index in [2.05, 4.69) is 0 Å². The molecule has 0 saturated carbocycles. The summed E-state index contributed by atoms with van der Waals surface area (Å²) in [7, 11) is 0. The number of rotatable bonds is 2. The SMILES string of the molecule is Cc1ccccc1Oc1ccc(Cl)cc1. The van der Waals surface area contributed by atoms with Crippen LogP contribution in [0.2, 0.25) is 5.02 Å². The zero-order valence-corrected chi connectivity index (χ0v) is 9.16.